The van der Waals surface area contributed by atoms with E-state index in [1.54, 1.807) is 13.4 Å². The van der Waals surface area contributed by atoms with Crippen LogP contribution in [0, 0.1) is 0 Å². The average Bonchev–Trinajstić information content (AvgIpc) is 2.56. The Morgan fingerprint density at radius 3 is 2.70 bits per heavy atom. The van der Waals surface area contributed by atoms with Gasteiger partial charge in [0.25, 0.3) is 0 Å². The molecule has 1 fully saturated rings. The van der Waals surface area contributed by atoms with Crippen LogP contribution in [0.4, 0.5) is 5.82 Å². The fourth-order valence-corrected chi connectivity index (χ4v) is 2.71. The average molecular weight is 270 g/mol. The molecule has 0 unspecified atom stereocenters. The maximum Gasteiger partial charge on any atom is 0.171 e. The summed E-state index contributed by atoms with van der Waals surface area (Å²) in [5.74, 6) is 2.30. The Bertz CT molecular complexity index is 553. The van der Waals surface area contributed by atoms with Crippen molar-refractivity contribution < 1.29 is 4.74 Å². The lowest BCUT2D eigenvalue weighted by molar-refractivity contribution is 0.408. The van der Waals surface area contributed by atoms with Crippen molar-refractivity contribution in [1.82, 2.24) is 15.0 Å². The Hall–Kier alpha value is -2.17. The Morgan fingerprint density at radius 2 is 2.00 bits per heavy atom. The minimum absolute atomic E-state index is 0.518. The summed E-state index contributed by atoms with van der Waals surface area (Å²) < 4.78 is 5.39. The summed E-state index contributed by atoms with van der Waals surface area (Å²) in [4.78, 5) is 15.1. The van der Waals surface area contributed by atoms with Crippen molar-refractivity contribution >= 4 is 5.82 Å². The third-order valence-electron chi connectivity index (χ3n) is 3.79. The Balaban J connectivity index is 1.70. The highest BCUT2D eigenvalue weighted by Crippen LogP contribution is 2.32. The largest absolute Gasteiger partial charge is 0.493 e. The molecule has 1 saturated heterocycles. The molecule has 1 aliphatic heterocycles. The van der Waals surface area contributed by atoms with Gasteiger partial charge in [-0.05, 0) is 31.0 Å². The molecular weight excluding hydrogens is 252 g/mol. The van der Waals surface area contributed by atoms with Gasteiger partial charge in [0.1, 0.15) is 6.33 Å². The van der Waals surface area contributed by atoms with E-state index >= 15 is 0 Å². The third-order valence-corrected chi connectivity index (χ3v) is 3.79. The summed E-state index contributed by atoms with van der Waals surface area (Å²) >= 11 is 0. The van der Waals surface area contributed by atoms with E-state index in [1.165, 1.54) is 0 Å². The maximum atomic E-state index is 5.39. The van der Waals surface area contributed by atoms with Crippen LogP contribution in [0.25, 0.3) is 0 Å². The molecular formula is C15H18N4O. The number of piperidine rings is 1. The normalized spacial score (nSPS) is 16.1. The highest BCUT2D eigenvalue weighted by Gasteiger charge is 2.23. The molecule has 5 heteroatoms. The lowest BCUT2D eigenvalue weighted by atomic mass is 9.93. The zero-order valence-electron chi connectivity index (χ0n) is 11.6. The van der Waals surface area contributed by atoms with Gasteiger partial charge in [-0.15, -0.1) is 0 Å². The first kappa shape index (κ1) is 12.8. The van der Waals surface area contributed by atoms with Crippen LogP contribution in [0.5, 0.6) is 5.75 Å². The van der Waals surface area contributed by atoms with Crippen LogP contribution in [-0.2, 0) is 0 Å². The first-order valence-corrected chi connectivity index (χ1v) is 6.88. The fourth-order valence-electron chi connectivity index (χ4n) is 2.71. The van der Waals surface area contributed by atoms with Crippen LogP contribution in [0.3, 0.4) is 0 Å². The number of ether oxygens (including phenoxy) is 1. The van der Waals surface area contributed by atoms with Crippen molar-refractivity contribution in [2.45, 2.75) is 18.8 Å². The molecule has 0 spiro atoms. The van der Waals surface area contributed by atoms with Crippen molar-refractivity contribution in [3.8, 4) is 5.75 Å². The van der Waals surface area contributed by atoms with E-state index in [0.717, 1.165) is 43.2 Å². The number of rotatable bonds is 3. The van der Waals surface area contributed by atoms with Crippen molar-refractivity contribution in [3.63, 3.8) is 0 Å². The first-order chi connectivity index (χ1) is 9.88. The summed E-state index contributed by atoms with van der Waals surface area (Å²) in [6.45, 7) is 1.95. The van der Waals surface area contributed by atoms with E-state index in [-0.39, 0.29) is 0 Å². The minimum atomic E-state index is 0.518. The first-order valence-electron chi connectivity index (χ1n) is 6.88. The second kappa shape index (κ2) is 5.86. The number of pyridine rings is 1. The van der Waals surface area contributed by atoms with Crippen LogP contribution in [-0.4, -0.2) is 35.2 Å². The SMILES string of the molecule is COc1cccnc1N1CCC(c2ccncn2)CC1. The molecule has 0 atom stereocenters. The molecule has 0 aromatic carbocycles. The number of hydrogen-bond donors (Lipinski definition) is 0. The quantitative estimate of drug-likeness (QED) is 0.856. The molecule has 0 aliphatic carbocycles. The summed E-state index contributed by atoms with van der Waals surface area (Å²) in [5, 5.41) is 0. The summed E-state index contributed by atoms with van der Waals surface area (Å²) in [7, 11) is 1.69. The number of hydrogen-bond acceptors (Lipinski definition) is 5. The maximum absolute atomic E-state index is 5.39. The van der Waals surface area contributed by atoms with Gasteiger partial charge in [0.15, 0.2) is 11.6 Å². The van der Waals surface area contributed by atoms with Crippen molar-refractivity contribution in [2.24, 2.45) is 0 Å². The van der Waals surface area contributed by atoms with Gasteiger partial charge in [0.05, 0.1) is 7.11 Å². The second-order valence-electron chi connectivity index (χ2n) is 4.92. The van der Waals surface area contributed by atoms with Crippen LogP contribution < -0.4 is 9.64 Å². The molecule has 2 aromatic heterocycles. The predicted octanol–water partition coefficient (Wildman–Crippen LogP) is 2.26. The molecule has 0 saturated carbocycles. The number of methoxy groups -OCH3 is 1. The predicted molar refractivity (Wildman–Crippen MR) is 77.0 cm³/mol. The molecule has 0 N–H and O–H groups in total. The highest BCUT2D eigenvalue weighted by molar-refractivity contribution is 5.52. The van der Waals surface area contributed by atoms with E-state index < -0.39 is 0 Å². The van der Waals surface area contributed by atoms with E-state index in [1.807, 2.05) is 30.6 Å². The molecule has 3 heterocycles. The zero-order chi connectivity index (χ0) is 13.8. The second-order valence-corrected chi connectivity index (χ2v) is 4.92. The van der Waals surface area contributed by atoms with Gasteiger partial charge >= 0.3 is 0 Å². The third kappa shape index (κ3) is 2.57. The van der Waals surface area contributed by atoms with Crippen molar-refractivity contribution in [2.75, 3.05) is 25.1 Å². The van der Waals surface area contributed by atoms with Gasteiger partial charge in [-0.2, -0.15) is 0 Å². The molecule has 0 amide bonds. The van der Waals surface area contributed by atoms with Crippen LogP contribution in [0.2, 0.25) is 0 Å². The highest BCUT2D eigenvalue weighted by atomic mass is 16.5. The summed E-state index contributed by atoms with van der Waals surface area (Å²) in [6, 6.07) is 5.87. The molecule has 104 valence electrons. The van der Waals surface area contributed by atoms with Crippen LogP contribution in [0.1, 0.15) is 24.5 Å². The summed E-state index contributed by atoms with van der Waals surface area (Å²) in [6.07, 6.45) is 7.42. The lowest BCUT2D eigenvalue weighted by Gasteiger charge is -2.33. The van der Waals surface area contributed by atoms with Gasteiger partial charge in [-0.25, -0.2) is 15.0 Å². The zero-order valence-corrected chi connectivity index (χ0v) is 11.6. The topological polar surface area (TPSA) is 51.1 Å². The van der Waals surface area contributed by atoms with Gasteiger partial charge in [-0.3, -0.25) is 0 Å². The molecule has 3 rings (SSSR count). The van der Waals surface area contributed by atoms with Gasteiger partial charge in [0, 0.05) is 37.1 Å². The van der Waals surface area contributed by atoms with E-state index in [9.17, 15) is 0 Å². The molecule has 1 aliphatic rings. The number of aromatic nitrogens is 3. The van der Waals surface area contributed by atoms with Crippen LogP contribution in [0.15, 0.2) is 36.9 Å². The Labute approximate surface area is 118 Å². The standard InChI is InChI=1S/C15H18N4O/c1-20-14-3-2-7-17-15(14)19-9-5-12(6-10-19)13-4-8-16-11-18-13/h2-4,7-8,11-12H,5-6,9-10H2,1H3. The number of nitrogens with zero attached hydrogens (tertiary/aromatic N) is 4. The Kier molecular flexibility index (Phi) is 3.76. The fraction of sp³-hybridized carbons (Fsp3) is 0.400. The van der Waals surface area contributed by atoms with E-state index in [4.69, 9.17) is 4.74 Å². The van der Waals surface area contributed by atoms with Crippen molar-refractivity contribution in [1.29, 1.82) is 0 Å². The van der Waals surface area contributed by atoms with E-state index in [2.05, 4.69) is 19.9 Å². The molecule has 0 radical (unpaired) electrons. The molecule has 0 bridgehead atoms. The van der Waals surface area contributed by atoms with Crippen LogP contribution >= 0.6 is 0 Å². The van der Waals surface area contributed by atoms with E-state index in [0.29, 0.717) is 5.92 Å². The monoisotopic (exact) mass is 270 g/mol. The minimum Gasteiger partial charge on any atom is -0.493 e. The molecule has 20 heavy (non-hydrogen) atoms. The molecule has 2 aromatic rings. The summed E-state index contributed by atoms with van der Waals surface area (Å²) in [5.41, 5.74) is 1.15. The molecule has 5 nitrogen and oxygen atoms in total. The number of anilines is 1. The lowest BCUT2D eigenvalue weighted by Crippen LogP contribution is -2.34. The smallest absolute Gasteiger partial charge is 0.171 e. The van der Waals surface area contributed by atoms with Gasteiger partial charge in [-0.1, -0.05) is 0 Å². The van der Waals surface area contributed by atoms with Gasteiger partial charge in [0.2, 0.25) is 0 Å². The van der Waals surface area contributed by atoms with Gasteiger partial charge < -0.3 is 9.64 Å². The van der Waals surface area contributed by atoms with Crippen molar-refractivity contribution in [3.05, 3.63) is 42.6 Å². The Morgan fingerprint density at radius 1 is 1.15 bits per heavy atom.